The summed E-state index contributed by atoms with van der Waals surface area (Å²) in [4.78, 5) is 19.5. The minimum atomic E-state index is 0.0707. The minimum Gasteiger partial charge on any atom is -0.496 e. The third-order valence-corrected chi connectivity index (χ3v) is 9.05. The molecule has 0 saturated carbocycles. The number of ether oxygens (including phenoxy) is 1. The number of benzene rings is 2. The largest absolute Gasteiger partial charge is 0.496 e. The van der Waals surface area contributed by atoms with E-state index < -0.39 is 0 Å². The highest BCUT2D eigenvalue weighted by atomic mass is 32.1. The number of carbonyl (C=O) groups excluding carboxylic acids is 1. The van der Waals surface area contributed by atoms with Gasteiger partial charge in [0.1, 0.15) is 5.75 Å². The van der Waals surface area contributed by atoms with Gasteiger partial charge in [0.05, 0.1) is 12.0 Å². The molecule has 1 aromatic heterocycles. The molecule has 5 heteroatoms. The van der Waals surface area contributed by atoms with Gasteiger partial charge in [0.2, 0.25) is 0 Å². The average Bonchev–Trinajstić information content (AvgIpc) is 3.34. The van der Waals surface area contributed by atoms with Gasteiger partial charge in [-0.3, -0.25) is 4.79 Å². The van der Waals surface area contributed by atoms with Crippen LogP contribution < -0.4 is 9.64 Å². The van der Waals surface area contributed by atoms with Crippen LogP contribution in [0.4, 0.5) is 5.69 Å². The average molecular weight is 519 g/mol. The molecule has 4 rings (SSSR count). The lowest BCUT2D eigenvalue weighted by molar-refractivity contribution is 0.0695. The van der Waals surface area contributed by atoms with Crippen molar-refractivity contribution in [2.45, 2.75) is 77.8 Å². The molecule has 2 aromatic carbocycles. The molecular weight excluding hydrogens is 476 g/mol. The third-order valence-electron chi connectivity index (χ3n) is 7.95. The third kappa shape index (κ3) is 5.43. The number of amides is 1. The molecule has 0 spiro atoms. The van der Waals surface area contributed by atoms with E-state index in [2.05, 4.69) is 88.9 Å². The summed E-state index contributed by atoms with van der Waals surface area (Å²) in [7, 11) is 5.81. The van der Waals surface area contributed by atoms with Gasteiger partial charge in [0.25, 0.3) is 5.91 Å². The van der Waals surface area contributed by atoms with Crippen LogP contribution >= 0.6 is 11.3 Å². The summed E-state index contributed by atoms with van der Waals surface area (Å²) < 4.78 is 5.90. The molecule has 1 aliphatic rings. The molecule has 0 fully saturated rings. The zero-order chi connectivity index (χ0) is 27.1. The molecule has 0 saturated heterocycles. The van der Waals surface area contributed by atoms with Crippen LogP contribution in [0.5, 0.6) is 5.75 Å². The Morgan fingerprint density at radius 2 is 1.54 bits per heavy atom. The highest BCUT2D eigenvalue weighted by Crippen LogP contribution is 2.49. The molecule has 198 valence electrons. The number of nitrogens with zero attached hydrogens (tertiary/aromatic N) is 2. The van der Waals surface area contributed by atoms with E-state index in [1.807, 2.05) is 25.1 Å². The highest BCUT2D eigenvalue weighted by Gasteiger charge is 2.38. The van der Waals surface area contributed by atoms with Crippen LogP contribution in [-0.2, 0) is 17.4 Å². The molecule has 3 aromatic rings. The summed E-state index contributed by atoms with van der Waals surface area (Å²) in [5, 5.41) is 0. The van der Waals surface area contributed by atoms with E-state index in [9.17, 15) is 4.79 Å². The van der Waals surface area contributed by atoms with Crippen molar-refractivity contribution in [3.8, 4) is 16.2 Å². The van der Waals surface area contributed by atoms with E-state index >= 15 is 0 Å². The van der Waals surface area contributed by atoms with Crippen molar-refractivity contribution >= 4 is 22.9 Å². The predicted octanol–water partition coefficient (Wildman–Crippen LogP) is 7.89. The number of hydrogen-bond donors (Lipinski definition) is 0. The lowest BCUT2D eigenvalue weighted by Gasteiger charge is -2.42. The number of hydrogen-bond acceptors (Lipinski definition) is 4. The molecule has 37 heavy (non-hydrogen) atoms. The Morgan fingerprint density at radius 3 is 2.08 bits per heavy atom. The van der Waals surface area contributed by atoms with E-state index in [4.69, 9.17) is 4.74 Å². The molecule has 0 aliphatic heterocycles. The summed E-state index contributed by atoms with van der Waals surface area (Å²) in [5.74, 6) is 0.952. The van der Waals surface area contributed by atoms with Crippen molar-refractivity contribution in [2.24, 2.45) is 0 Å². The first kappa shape index (κ1) is 27.3. The van der Waals surface area contributed by atoms with Crippen molar-refractivity contribution in [3.05, 3.63) is 70.1 Å². The molecule has 4 nitrogen and oxygen atoms in total. The van der Waals surface area contributed by atoms with Crippen LogP contribution in [0.25, 0.3) is 10.4 Å². The fourth-order valence-electron chi connectivity index (χ4n) is 5.28. The topological polar surface area (TPSA) is 32.8 Å². The molecule has 1 amide bonds. The Kier molecular flexibility index (Phi) is 7.49. The van der Waals surface area contributed by atoms with Gasteiger partial charge in [-0.15, -0.1) is 11.3 Å². The summed E-state index contributed by atoms with van der Waals surface area (Å²) >= 11 is 1.56. The van der Waals surface area contributed by atoms with Gasteiger partial charge < -0.3 is 14.5 Å². The van der Waals surface area contributed by atoms with Gasteiger partial charge in [-0.25, -0.2) is 0 Å². The first-order chi connectivity index (χ1) is 17.3. The van der Waals surface area contributed by atoms with Gasteiger partial charge in [0, 0.05) is 42.8 Å². The molecule has 1 aliphatic carbocycles. The van der Waals surface area contributed by atoms with Crippen LogP contribution in [-0.4, -0.2) is 38.1 Å². The van der Waals surface area contributed by atoms with E-state index in [-0.39, 0.29) is 22.8 Å². The Balaban J connectivity index is 1.66. The lowest BCUT2D eigenvalue weighted by Crippen LogP contribution is -2.36. The van der Waals surface area contributed by atoms with Gasteiger partial charge in [0.15, 0.2) is 0 Å². The van der Waals surface area contributed by atoms with Gasteiger partial charge in [-0.05, 0) is 90.6 Å². The molecule has 0 bridgehead atoms. The molecule has 0 unspecified atom stereocenters. The molecule has 0 radical (unpaired) electrons. The number of rotatable bonds is 7. The Hall–Kier alpha value is -2.79. The molecule has 1 heterocycles. The van der Waals surface area contributed by atoms with Crippen molar-refractivity contribution in [2.75, 3.05) is 26.1 Å². The second-order valence-corrected chi connectivity index (χ2v) is 13.2. The first-order valence-corrected chi connectivity index (χ1v) is 14.1. The standard InChI is InChI=1S/C32H42N2O2S/c1-21(2)34(20-22-10-12-23(13-11-22)33(7)8)30(35)29-15-14-28(37-29)24-18-25-26(19-27(24)36-9)32(5,6)17-16-31(25,3)4/h10-15,18-19,21H,16-17,20H2,1-9H3. The number of thiophene rings is 1. The number of methoxy groups -OCH3 is 1. The van der Waals surface area contributed by atoms with E-state index in [0.717, 1.165) is 45.2 Å². The van der Waals surface area contributed by atoms with Crippen molar-refractivity contribution < 1.29 is 9.53 Å². The maximum absolute atomic E-state index is 13.7. The predicted molar refractivity (Wildman–Crippen MR) is 157 cm³/mol. The Bertz CT molecular complexity index is 1270. The van der Waals surface area contributed by atoms with Crippen molar-refractivity contribution in [1.82, 2.24) is 4.90 Å². The monoisotopic (exact) mass is 518 g/mol. The maximum Gasteiger partial charge on any atom is 0.264 e. The van der Waals surface area contributed by atoms with Crippen LogP contribution in [0.2, 0.25) is 0 Å². The maximum atomic E-state index is 13.7. The molecule has 0 N–H and O–H groups in total. The van der Waals surface area contributed by atoms with Gasteiger partial charge in [-0.2, -0.15) is 0 Å². The molecular formula is C32H42N2O2S. The zero-order valence-electron chi connectivity index (χ0n) is 23.9. The van der Waals surface area contributed by atoms with E-state index in [0.29, 0.717) is 6.54 Å². The number of fused-ring (bicyclic) bond motifs is 1. The highest BCUT2D eigenvalue weighted by molar-refractivity contribution is 7.17. The minimum absolute atomic E-state index is 0.0707. The van der Waals surface area contributed by atoms with Crippen LogP contribution in [0.3, 0.4) is 0 Å². The van der Waals surface area contributed by atoms with Crippen LogP contribution in [0, 0.1) is 0 Å². The number of anilines is 1. The number of carbonyl (C=O) groups is 1. The SMILES string of the molecule is COc1cc2c(cc1-c1ccc(C(=O)N(Cc3ccc(N(C)C)cc3)C(C)C)s1)C(C)(C)CCC2(C)C. The van der Waals surface area contributed by atoms with Crippen LogP contribution in [0.1, 0.15) is 80.7 Å². The van der Waals surface area contributed by atoms with Crippen molar-refractivity contribution in [3.63, 3.8) is 0 Å². The Morgan fingerprint density at radius 1 is 0.946 bits per heavy atom. The van der Waals surface area contributed by atoms with Gasteiger partial charge in [-0.1, -0.05) is 39.8 Å². The fraction of sp³-hybridized carbons (Fsp3) is 0.469. The second-order valence-electron chi connectivity index (χ2n) is 12.1. The van der Waals surface area contributed by atoms with E-state index in [1.54, 1.807) is 18.4 Å². The summed E-state index contributed by atoms with van der Waals surface area (Å²) in [6.45, 7) is 14.1. The molecule has 0 atom stereocenters. The fourth-order valence-corrected chi connectivity index (χ4v) is 6.26. The summed E-state index contributed by atoms with van der Waals surface area (Å²) in [6.07, 6.45) is 2.32. The quantitative estimate of drug-likeness (QED) is 0.319. The normalized spacial score (nSPS) is 15.8. The van der Waals surface area contributed by atoms with Crippen LogP contribution in [0.15, 0.2) is 48.5 Å². The van der Waals surface area contributed by atoms with E-state index in [1.165, 1.54) is 11.1 Å². The van der Waals surface area contributed by atoms with Gasteiger partial charge >= 0.3 is 0 Å². The first-order valence-electron chi connectivity index (χ1n) is 13.2. The summed E-state index contributed by atoms with van der Waals surface area (Å²) in [6, 6.07) is 17.1. The second kappa shape index (κ2) is 10.2. The smallest absolute Gasteiger partial charge is 0.264 e. The Labute approximate surface area is 227 Å². The summed E-state index contributed by atoms with van der Waals surface area (Å²) in [5.41, 5.74) is 6.36. The lowest BCUT2D eigenvalue weighted by atomic mass is 9.63. The zero-order valence-corrected chi connectivity index (χ0v) is 24.8. The van der Waals surface area contributed by atoms with Crippen molar-refractivity contribution in [1.29, 1.82) is 0 Å².